The summed E-state index contributed by atoms with van der Waals surface area (Å²) in [4.78, 5) is 26.0. The maximum atomic E-state index is 12.1. The largest absolute Gasteiger partial charge is 0.354 e. The first-order chi connectivity index (χ1) is 11.0. The van der Waals surface area contributed by atoms with Crippen LogP contribution in [0.1, 0.15) is 32.3 Å². The van der Waals surface area contributed by atoms with Gasteiger partial charge in [0, 0.05) is 32.0 Å². The molecule has 0 aromatic heterocycles. The third-order valence-electron chi connectivity index (χ3n) is 4.64. The van der Waals surface area contributed by atoms with Crippen molar-refractivity contribution in [3.63, 3.8) is 0 Å². The summed E-state index contributed by atoms with van der Waals surface area (Å²) in [6, 6.07) is 9.49. The van der Waals surface area contributed by atoms with Gasteiger partial charge in [-0.25, -0.2) is 0 Å². The molecule has 134 valence electrons. The number of likely N-dealkylation sites (tertiary alicyclic amines) is 1. The van der Waals surface area contributed by atoms with E-state index in [0.29, 0.717) is 26.1 Å². The number of carbonyl (C=O) groups is 2. The SMILES string of the molecule is CCC(C)C(N)C(=O)NCC1CC(=O)N(Cc2ccccc2)C1.Cl. The molecule has 24 heavy (non-hydrogen) atoms. The Balaban J connectivity index is 0.00000288. The monoisotopic (exact) mass is 353 g/mol. The molecule has 3 unspecified atom stereocenters. The van der Waals surface area contributed by atoms with Crippen LogP contribution in [0, 0.1) is 11.8 Å². The maximum Gasteiger partial charge on any atom is 0.237 e. The van der Waals surface area contributed by atoms with Crippen LogP contribution < -0.4 is 11.1 Å². The van der Waals surface area contributed by atoms with E-state index in [1.807, 2.05) is 49.1 Å². The van der Waals surface area contributed by atoms with Gasteiger partial charge >= 0.3 is 0 Å². The van der Waals surface area contributed by atoms with Crippen LogP contribution >= 0.6 is 12.4 Å². The van der Waals surface area contributed by atoms with Crippen molar-refractivity contribution in [1.82, 2.24) is 10.2 Å². The van der Waals surface area contributed by atoms with Gasteiger partial charge in [0.2, 0.25) is 11.8 Å². The van der Waals surface area contributed by atoms with Crippen LogP contribution in [-0.4, -0.2) is 35.8 Å². The standard InChI is InChI=1S/C18H27N3O2.ClH/c1-3-13(2)17(19)18(23)20-10-15-9-16(22)21(12-15)11-14-7-5-4-6-8-14;/h4-8,13,15,17H,3,9-12,19H2,1-2H3,(H,20,23);1H. The molecule has 1 fully saturated rings. The van der Waals surface area contributed by atoms with Gasteiger partial charge in [-0.05, 0) is 11.5 Å². The fraction of sp³-hybridized carbons (Fsp3) is 0.556. The molecule has 2 rings (SSSR count). The summed E-state index contributed by atoms with van der Waals surface area (Å²) < 4.78 is 0. The molecular formula is C18H28ClN3O2. The summed E-state index contributed by atoms with van der Waals surface area (Å²) in [6.07, 6.45) is 1.37. The average molecular weight is 354 g/mol. The number of hydrogen-bond acceptors (Lipinski definition) is 3. The normalized spacial score (nSPS) is 19.5. The molecule has 1 aromatic carbocycles. The average Bonchev–Trinajstić information content (AvgIpc) is 2.92. The molecule has 0 aliphatic carbocycles. The fourth-order valence-corrected chi connectivity index (χ4v) is 2.82. The van der Waals surface area contributed by atoms with Crippen LogP contribution in [0.15, 0.2) is 30.3 Å². The van der Waals surface area contributed by atoms with Crippen LogP contribution in [0.3, 0.4) is 0 Å². The second-order valence-electron chi connectivity index (χ2n) is 6.49. The minimum Gasteiger partial charge on any atom is -0.354 e. The Hall–Kier alpha value is -1.59. The van der Waals surface area contributed by atoms with Crippen LogP contribution in [0.2, 0.25) is 0 Å². The molecule has 1 aliphatic heterocycles. The molecule has 0 saturated carbocycles. The lowest BCUT2D eigenvalue weighted by atomic mass is 9.99. The lowest BCUT2D eigenvalue weighted by molar-refractivity contribution is -0.128. The lowest BCUT2D eigenvalue weighted by Gasteiger charge is -2.20. The van der Waals surface area contributed by atoms with Gasteiger partial charge in [0.1, 0.15) is 0 Å². The number of hydrogen-bond donors (Lipinski definition) is 2. The number of nitrogens with two attached hydrogens (primary N) is 1. The van der Waals surface area contributed by atoms with Gasteiger partial charge < -0.3 is 16.0 Å². The van der Waals surface area contributed by atoms with Crippen molar-refractivity contribution in [2.45, 2.75) is 39.3 Å². The molecule has 0 radical (unpaired) electrons. The molecule has 1 aliphatic rings. The van der Waals surface area contributed by atoms with E-state index in [1.54, 1.807) is 0 Å². The van der Waals surface area contributed by atoms with E-state index in [4.69, 9.17) is 5.73 Å². The van der Waals surface area contributed by atoms with E-state index in [1.165, 1.54) is 0 Å². The van der Waals surface area contributed by atoms with E-state index in [9.17, 15) is 9.59 Å². The summed E-state index contributed by atoms with van der Waals surface area (Å²) >= 11 is 0. The molecule has 3 atom stereocenters. The molecule has 1 saturated heterocycles. The first kappa shape index (κ1) is 20.5. The van der Waals surface area contributed by atoms with Gasteiger partial charge in [0.25, 0.3) is 0 Å². The van der Waals surface area contributed by atoms with Crippen molar-refractivity contribution >= 4 is 24.2 Å². The Bertz CT molecular complexity index is 538. The Kier molecular flexibility index (Phi) is 8.22. The molecular weight excluding hydrogens is 326 g/mol. The smallest absolute Gasteiger partial charge is 0.237 e. The van der Waals surface area contributed by atoms with Gasteiger partial charge in [-0.15, -0.1) is 12.4 Å². The molecule has 0 spiro atoms. The first-order valence-electron chi connectivity index (χ1n) is 8.36. The van der Waals surface area contributed by atoms with Crippen LogP contribution in [0.4, 0.5) is 0 Å². The number of nitrogens with one attached hydrogen (secondary N) is 1. The predicted molar refractivity (Wildman–Crippen MR) is 97.7 cm³/mol. The molecule has 1 aromatic rings. The van der Waals surface area contributed by atoms with E-state index in [2.05, 4.69) is 5.32 Å². The first-order valence-corrected chi connectivity index (χ1v) is 8.36. The number of amides is 2. The Morgan fingerprint density at radius 1 is 1.38 bits per heavy atom. The van der Waals surface area contributed by atoms with Crippen molar-refractivity contribution in [2.24, 2.45) is 17.6 Å². The Morgan fingerprint density at radius 3 is 2.67 bits per heavy atom. The van der Waals surface area contributed by atoms with E-state index < -0.39 is 6.04 Å². The number of rotatable bonds is 7. The van der Waals surface area contributed by atoms with E-state index >= 15 is 0 Å². The van der Waals surface area contributed by atoms with Gasteiger partial charge in [-0.1, -0.05) is 50.6 Å². The zero-order chi connectivity index (χ0) is 16.8. The molecule has 1 heterocycles. The third kappa shape index (κ3) is 5.49. The van der Waals surface area contributed by atoms with Crippen molar-refractivity contribution in [3.8, 4) is 0 Å². The van der Waals surface area contributed by atoms with E-state index in [0.717, 1.165) is 12.0 Å². The summed E-state index contributed by atoms with van der Waals surface area (Å²) in [6.45, 7) is 5.84. The highest BCUT2D eigenvalue weighted by Crippen LogP contribution is 2.19. The summed E-state index contributed by atoms with van der Waals surface area (Å²) in [7, 11) is 0. The number of carbonyl (C=O) groups excluding carboxylic acids is 2. The molecule has 3 N–H and O–H groups in total. The minimum absolute atomic E-state index is 0. The Labute approximate surface area is 150 Å². The van der Waals surface area contributed by atoms with Crippen molar-refractivity contribution < 1.29 is 9.59 Å². The molecule has 0 bridgehead atoms. The van der Waals surface area contributed by atoms with Crippen LogP contribution in [0.5, 0.6) is 0 Å². The number of halogens is 1. The summed E-state index contributed by atoms with van der Waals surface area (Å²) in [5.41, 5.74) is 7.05. The number of benzene rings is 1. The quantitative estimate of drug-likeness (QED) is 0.786. The number of nitrogens with zero attached hydrogens (tertiary/aromatic N) is 1. The second-order valence-corrected chi connectivity index (χ2v) is 6.49. The third-order valence-corrected chi connectivity index (χ3v) is 4.64. The highest BCUT2D eigenvalue weighted by atomic mass is 35.5. The van der Waals surface area contributed by atoms with Gasteiger partial charge in [0.15, 0.2) is 0 Å². The highest BCUT2D eigenvalue weighted by Gasteiger charge is 2.30. The maximum absolute atomic E-state index is 12.1. The molecule has 5 nitrogen and oxygen atoms in total. The molecule has 2 amide bonds. The molecule has 6 heteroatoms. The van der Waals surface area contributed by atoms with Crippen molar-refractivity contribution in [3.05, 3.63) is 35.9 Å². The minimum atomic E-state index is -0.475. The van der Waals surface area contributed by atoms with Crippen LogP contribution in [0.25, 0.3) is 0 Å². The highest BCUT2D eigenvalue weighted by molar-refractivity contribution is 5.85. The van der Waals surface area contributed by atoms with Crippen molar-refractivity contribution in [1.29, 1.82) is 0 Å². The van der Waals surface area contributed by atoms with Crippen LogP contribution in [-0.2, 0) is 16.1 Å². The zero-order valence-corrected chi connectivity index (χ0v) is 15.2. The summed E-state index contributed by atoms with van der Waals surface area (Å²) in [5, 5.41) is 2.90. The van der Waals surface area contributed by atoms with Gasteiger partial charge in [-0.3, -0.25) is 9.59 Å². The van der Waals surface area contributed by atoms with Gasteiger partial charge in [-0.2, -0.15) is 0 Å². The summed E-state index contributed by atoms with van der Waals surface area (Å²) in [5.74, 6) is 0.363. The fourth-order valence-electron chi connectivity index (χ4n) is 2.82. The Morgan fingerprint density at radius 2 is 2.04 bits per heavy atom. The topological polar surface area (TPSA) is 75.4 Å². The van der Waals surface area contributed by atoms with E-state index in [-0.39, 0.29) is 36.1 Å². The zero-order valence-electron chi connectivity index (χ0n) is 14.4. The van der Waals surface area contributed by atoms with Crippen molar-refractivity contribution in [2.75, 3.05) is 13.1 Å². The second kappa shape index (κ2) is 9.64. The van der Waals surface area contributed by atoms with Gasteiger partial charge in [0.05, 0.1) is 6.04 Å². The predicted octanol–water partition coefficient (Wildman–Crippen LogP) is 1.95. The lowest BCUT2D eigenvalue weighted by Crippen LogP contribution is -2.46.